The van der Waals surface area contributed by atoms with Gasteiger partial charge in [0.05, 0.1) is 4.90 Å². The second kappa shape index (κ2) is 7.94. The van der Waals surface area contributed by atoms with E-state index in [-0.39, 0.29) is 41.4 Å². The van der Waals surface area contributed by atoms with Crippen LogP contribution >= 0.6 is 0 Å². The van der Waals surface area contributed by atoms with E-state index in [1.165, 1.54) is 5.56 Å². The molecule has 2 nitrogen and oxygen atoms in total. The molecule has 0 amide bonds. The molecule has 0 saturated carbocycles. The molecule has 19 heavy (non-hydrogen) atoms. The fraction of sp³-hybridized carbons (Fsp3) is 0.600. The van der Waals surface area contributed by atoms with E-state index in [0.29, 0.717) is 10.8 Å². The number of benzene rings is 1. The van der Waals surface area contributed by atoms with E-state index in [4.69, 9.17) is 0 Å². The predicted molar refractivity (Wildman–Crippen MR) is 84.9 cm³/mol. The van der Waals surface area contributed by atoms with E-state index < -0.39 is 11.1 Å². The van der Waals surface area contributed by atoms with Crippen LogP contribution in [0.25, 0.3) is 0 Å². The summed E-state index contributed by atoms with van der Waals surface area (Å²) in [5.74, 6) is 0.945. The van der Waals surface area contributed by atoms with Gasteiger partial charge in [-0.1, -0.05) is 53.7 Å². The summed E-state index contributed by atoms with van der Waals surface area (Å²) in [5.41, 5.74) is 3.26. The van der Waals surface area contributed by atoms with Crippen molar-refractivity contribution < 1.29 is 8.76 Å². The topological polar surface area (TPSA) is 37.3 Å². The van der Waals surface area contributed by atoms with Gasteiger partial charge in [0.1, 0.15) is 0 Å². The Morgan fingerprint density at radius 1 is 0.895 bits per heavy atom. The Labute approximate surface area is 142 Å². The molecule has 0 aromatic heterocycles. The third kappa shape index (κ3) is 4.68. The molecule has 1 rings (SSSR count). The van der Waals surface area contributed by atoms with Gasteiger partial charge in [-0.2, -0.15) is 0 Å². The Morgan fingerprint density at radius 3 is 1.47 bits per heavy atom. The van der Waals surface area contributed by atoms with Crippen LogP contribution in [0.5, 0.6) is 0 Å². The van der Waals surface area contributed by atoms with Crippen LogP contribution in [0.2, 0.25) is 0 Å². The molecule has 0 spiro atoms. The van der Waals surface area contributed by atoms with E-state index in [9.17, 15) is 8.76 Å². The standard InChI is InChI=1S/C15H24O2S.Na.H/c1-9(2)12-7-13(10(3)4)15(18(16)17)14(8-12)11(5)6;;/h7-11H,1-6H3,(H,16,17);;. The normalized spacial score (nSPS) is 12.9. The van der Waals surface area contributed by atoms with Crippen molar-refractivity contribution in [3.63, 3.8) is 0 Å². The molecule has 104 valence electrons. The van der Waals surface area contributed by atoms with Crippen LogP contribution in [0, 0.1) is 0 Å². The van der Waals surface area contributed by atoms with Gasteiger partial charge in [-0.15, -0.1) is 0 Å². The van der Waals surface area contributed by atoms with E-state index in [0.717, 1.165) is 11.1 Å². The fourth-order valence-corrected chi connectivity index (χ4v) is 3.08. The second-order valence-corrected chi connectivity index (χ2v) is 6.65. The molecule has 0 aliphatic carbocycles. The average molecular weight is 292 g/mol. The molecule has 0 heterocycles. The van der Waals surface area contributed by atoms with Gasteiger partial charge < -0.3 is 4.55 Å². The van der Waals surface area contributed by atoms with Crippen molar-refractivity contribution in [2.45, 2.75) is 64.2 Å². The third-order valence-electron chi connectivity index (χ3n) is 3.25. The third-order valence-corrected chi connectivity index (χ3v) is 4.07. The van der Waals surface area contributed by atoms with Gasteiger partial charge in [0.25, 0.3) is 0 Å². The minimum atomic E-state index is -1.91. The summed E-state index contributed by atoms with van der Waals surface area (Å²) >= 11 is -1.91. The second-order valence-electron chi connectivity index (χ2n) is 5.74. The van der Waals surface area contributed by atoms with Crippen molar-refractivity contribution in [3.05, 3.63) is 28.8 Å². The Hall–Kier alpha value is 0.330. The molecule has 0 radical (unpaired) electrons. The van der Waals surface area contributed by atoms with Crippen LogP contribution < -0.4 is 0 Å². The van der Waals surface area contributed by atoms with Gasteiger partial charge in [-0.05, 0) is 34.4 Å². The molecule has 0 saturated heterocycles. The van der Waals surface area contributed by atoms with Crippen molar-refractivity contribution in [2.75, 3.05) is 0 Å². The van der Waals surface area contributed by atoms with Gasteiger partial charge in [0, 0.05) is 0 Å². The SMILES string of the molecule is CC(C)c1cc(C(C)C)c(S(=O)O)c(C(C)C)c1.[NaH]. The van der Waals surface area contributed by atoms with Crippen LogP contribution in [-0.2, 0) is 11.1 Å². The summed E-state index contributed by atoms with van der Waals surface area (Å²) in [7, 11) is 0. The molecule has 0 aliphatic rings. The summed E-state index contributed by atoms with van der Waals surface area (Å²) in [4.78, 5) is 0.615. The summed E-state index contributed by atoms with van der Waals surface area (Å²) in [6.45, 7) is 12.6. The summed E-state index contributed by atoms with van der Waals surface area (Å²) in [6.07, 6.45) is 0. The zero-order chi connectivity index (χ0) is 14.0. The molecule has 1 atom stereocenters. The molecule has 1 unspecified atom stereocenters. The van der Waals surface area contributed by atoms with Gasteiger partial charge in [0.15, 0.2) is 11.1 Å². The average Bonchev–Trinajstić information content (AvgIpc) is 2.26. The monoisotopic (exact) mass is 292 g/mol. The van der Waals surface area contributed by atoms with Crippen LogP contribution in [-0.4, -0.2) is 38.3 Å². The minimum absolute atomic E-state index is 0. The molecule has 0 fully saturated rings. The molecule has 1 aromatic rings. The molecule has 4 heteroatoms. The first-order chi connectivity index (χ1) is 8.25. The van der Waals surface area contributed by atoms with Gasteiger partial charge in [0.2, 0.25) is 0 Å². The van der Waals surface area contributed by atoms with Crippen LogP contribution in [0.4, 0.5) is 0 Å². The summed E-state index contributed by atoms with van der Waals surface area (Å²) in [6, 6.07) is 4.18. The Kier molecular flexibility index (Phi) is 8.08. The number of hydrogen-bond donors (Lipinski definition) is 1. The predicted octanol–water partition coefficient (Wildman–Crippen LogP) is 3.99. The van der Waals surface area contributed by atoms with E-state index >= 15 is 0 Å². The quantitative estimate of drug-likeness (QED) is 0.673. The molecular weight excluding hydrogens is 267 g/mol. The first kappa shape index (κ1) is 19.3. The zero-order valence-electron chi connectivity index (χ0n) is 12.2. The molecule has 0 aliphatic heterocycles. The van der Waals surface area contributed by atoms with E-state index in [1.807, 2.05) is 0 Å². The van der Waals surface area contributed by atoms with Gasteiger partial charge >= 0.3 is 29.6 Å². The summed E-state index contributed by atoms with van der Waals surface area (Å²) in [5, 5.41) is 0. The molecule has 0 bridgehead atoms. The first-order valence-electron chi connectivity index (χ1n) is 6.54. The molecular formula is C15H25NaO2S. The Morgan fingerprint density at radius 2 is 1.26 bits per heavy atom. The van der Waals surface area contributed by atoms with E-state index in [2.05, 4.69) is 53.7 Å². The van der Waals surface area contributed by atoms with Crippen LogP contribution in [0.1, 0.15) is 76.0 Å². The van der Waals surface area contributed by atoms with Crippen molar-refractivity contribution in [3.8, 4) is 0 Å². The zero-order valence-corrected chi connectivity index (χ0v) is 13.0. The van der Waals surface area contributed by atoms with Gasteiger partial charge in [-0.3, -0.25) is 0 Å². The number of rotatable bonds is 4. The Balaban J connectivity index is 0.00000324. The van der Waals surface area contributed by atoms with E-state index in [1.54, 1.807) is 0 Å². The fourth-order valence-electron chi connectivity index (χ4n) is 2.09. The number of hydrogen-bond acceptors (Lipinski definition) is 1. The van der Waals surface area contributed by atoms with Crippen molar-refractivity contribution >= 4 is 40.6 Å². The van der Waals surface area contributed by atoms with Crippen LogP contribution in [0.15, 0.2) is 17.0 Å². The maximum atomic E-state index is 11.6. The maximum absolute atomic E-state index is 11.6. The van der Waals surface area contributed by atoms with Crippen molar-refractivity contribution in [2.24, 2.45) is 0 Å². The van der Waals surface area contributed by atoms with Crippen molar-refractivity contribution in [1.29, 1.82) is 0 Å². The summed E-state index contributed by atoms with van der Waals surface area (Å²) < 4.78 is 21.2. The molecule has 1 aromatic carbocycles. The van der Waals surface area contributed by atoms with Crippen molar-refractivity contribution in [1.82, 2.24) is 0 Å². The van der Waals surface area contributed by atoms with Gasteiger partial charge in [-0.25, -0.2) is 4.21 Å². The molecule has 1 N–H and O–H groups in total. The Bertz CT molecular complexity index is 424. The first-order valence-corrected chi connectivity index (χ1v) is 7.64. The van der Waals surface area contributed by atoms with Crippen LogP contribution in [0.3, 0.4) is 0 Å².